The van der Waals surface area contributed by atoms with Crippen molar-refractivity contribution in [1.29, 1.82) is 0 Å². The molecule has 0 spiro atoms. The molecule has 2 aliphatic rings. The fraction of sp³-hybridized carbons (Fsp3) is 0.867. The number of thiocarbonyl (C=S) groups is 1. The van der Waals surface area contributed by atoms with E-state index in [1.54, 1.807) is 0 Å². The van der Waals surface area contributed by atoms with Gasteiger partial charge in [-0.3, -0.25) is 4.79 Å². The highest BCUT2D eigenvalue weighted by Gasteiger charge is 2.30. The molecule has 20 heavy (non-hydrogen) atoms. The van der Waals surface area contributed by atoms with Crippen molar-refractivity contribution in [3.63, 3.8) is 0 Å². The van der Waals surface area contributed by atoms with Gasteiger partial charge in [0.25, 0.3) is 0 Å². The van der Waals surface area contributed by atoms with Crippen LogP contribution in [0.3, 0.4) is 0 Å². The second-order valence-electron chi connectivity index (χ2n) is 5.94. The van der Waals surface area contributed by atoms with Gasteiger partial charge in [0.2, 0.25) is 0 Å². The van der Waals surface area contributed by atoms with Crippen molar-refractivity contribution < 1.29 is 9.90 Å². The second kappa shape index (κ2) is 8.23. The summed E-state index contributed by atoms with van der Waals surface area (Å²) in [5.41, 5.74) is 0. The van der Waals surface area contributed by atoms with Gasteiger partial charge < -0.3 is 10.0 Å². The predicted octanol–water partition coefficient (Wildman–Crippen LogP) is 4.06. The summed E-state index contributed by atoms with van der Waals surface area (Å²) in [5, 5.41) is 8.87. The van der Waals surface area contributed by atoms with E-state index in [1.165, 1.54) is 76.0 Å². The summed E-state index contributed by atoms with van der Waals surface area (Å²) in [6, 6.07) is 1.11. The van der Waals surface area contributed by atoms with Crippen molar-refractivity contribution >= 4 is 34.3 Å². The predicted molar refractivity (Wildman–Crippen MR) is 88.3 cm³/mol. The number of hydrogen-bond donors (Lipinski definition) is 1. The van der Waals surface area contributed by atoms with E-state index in [1.807, 2.05) is 0 Å². The summed E-state index contributed by atoms with van der Waals surface area (Å²) in [4.78, 5) is 13.2. The maximum Gasteiger partial charge on any atom is 0.313 e. The fourth-order valence-corrected chi connectivity index (χ4v) is 4.68. The molecular formula is C15H25NO2S2. The molecule has 0 atom stereocenters. The molecule has 2 aliphatic carbocycles. The molecule has 2 rings (SSSR count). The van der Waals surface area contributed by atoms with Gasteiger partial charge in [0.05, 0.1) is 5.75 Å². The Morgan fingerprint density at radius 3 is 1.85 bits per heavy atom. The van der Waals surface area contributed by atoms with E-state index in [0.717, 1.165) is 4.32 Å². The highest BCUT2D eigenvalue weighted by atomic mass is 32.2. The average molecular weight is 316 g/mol. The van der Waals surface area contributed by atoms with Gasteiger partial charge in [-0.1, -0.05) is 62.5 Å². The number of hydrogen-bond acceptors (Lipinski definition) is 3. The molecule has 5 heteroatoms. The maximum atomic E-state index is 10.8. The monoisotopic (exact) mass is 315 g/mol. The molecule has 3 nitrogen and oxygen atoms in total. The lowest BCUT2D eigenvalue weighted by Gasteiger charge is -2.43. The number of nitrogens with zero attached hydrogens (tertiary/aromatic N) is 1. The second-order valence-corrected chi connectivity index (χ2v) is 7.55. The number of carbonyl (C=O) groups is 1. The number of rotatable bonds is 4. The summed E-state index contributed by atoms with van der Waals surface area (Å²) in [6.07, 6.45) is 12.7. The minimum absolute atomic E-state index is 0.0920. The summed E-state index contributed by atoms with van der Waals surface area (Å²) in [5.74, 6) is -0.681. The molecule has 1 N–H and O–H groups in total. The topological polar surface area (TPSA) is 40.5 Å². The van der Waals surface area contributed by atoms with Gasteiger partial charge in [-0.15, -0.1) is 0 Å². The first-order valence-electron chi connectivity index (χ1n) is 7.85. The van der Waals surface area contributed by atoms with Crippen molar-refractivity contribution in [2.75, 3.05) is 5.75 Å². The molecular weight excluding hydrogens is 290 g/mol. The Morgan fingerprint density at radius 1 is 1.00 bits per heavy atom. The van der Waals surface area contributed by atoms with Crippen LogP contribution in [0.1, 0.15) is 64.2 Å². The molecule has 0 unspecified atom stereocenters. The Hall–Kier alpha value is -0.290. The summed E-state index contributed by atoms with van der Waals surface area (Å²) < 4.78 is 0.825. The van der Waals surface area contributed by atoms with Crippen molar-refractivity contribution in [3.05, 3.63) is 0 Å². The zero-order chi connectivity index (χ0) is 14.4. The molecule has 0 radical (unpaired) electrons. The summed E-state index contributed by atoms with van der Waals surface area (Å²) >= 11 is 6.92. The van der Waals surface area contributed by atoms with Gasteiger partial charge in [-0.25, -0.2) is 0 Å². The van der Waals surface area contributed by atoms with Crippen molar-refractivity contribution in [1.82, 2.24) is 4.90 Å². The molecule has 2 saturated carbocycles. The molecule has 2 fully saturated rings. The van der Waals surface area contributed by atoms with Crippen molar-refractivity contribution in [2.45, 2.75) is 76.3 Å². The molecule has 114 valence electrons. The first kappa shape index (κ1) is 16.1. The summed E-state index contributed by atoms with van der Waals surface area (Å²) in [6.45, 7) is 0. The molecule has 0 aromatic heterocycles. The van der Waals surface area contributed by atoms with Crippen molar-refractivity contribution in [2.24, 2.45) is 0 Å². The molecule has 0 amide bonds. The third-order valence-corrected chi connectivity index (χ3v) is 5.88. The molecule has 0 bridgehead atoms. The quantitative estimate of drug-likeness (QED) is 0.792. The number of aliphatic carboxylic acids is 1. The first-order valence-corrected chi connectivity index (χ1v) is 9.25. The van der Waals surface area contributed by atoms with Crippen LogP contribution in [0.2, 0.25) is 0 Å². The Morgan fingerprint density at radius 2 is 1.45 bits per heavy atom. The standard InChI is InChI=1S/C15H25NO2S2/c17-14(18)11-20-15(19)16(12-7-3-1-4-8-12)13-9-5-2-6-10-13/h12-13H,1-11H2,(H,17,18). The van der Waals surface area contributed by atoms with Crippen molar-refractivity contribution in [3.8, 4) is 0 Å². The third-order valence-electron chi connectivity index (χ3n) is 4.47. The highest BCUT2D eigenvalue weighted by Crippen LogP contribution is 2.32. The highest BCUT2D eigenvalue weighted by molar-refractivity contribution is 8.23. The van der Waals surface area contributed by atoms with Gasteiger partial charge in [0.15, 0.2) is 0 Å². The lowest BCUT2D eigenvalue weighted by molar-refractivity contribution is -0.133. The van der Waals surface area contributed by atoms with E-state index >= 15 is 0 Å². The molecule has 0 saturated heterocycles. The van der Waals surface area contributed by atoms with Gasteiger partial charge in [-0.05, 0) is 25.7 Å². The van der Waals surface area contributed by atoms with E-state index in [-0.39, 0.29) is 5.75 Å². The molecule has 0 aromatic rings. The lowest BCUT2D eigenvalue weighted by atomic mass is 9.89. The summed E-state index contributed by atoms with van der Waals surface area (Å²) in [7, 11) is 0. The van der Waals surface area contributed by atoms with Crippen LogP contribution in [0.5, 0.6) is 0 Å². The van der Waals surface area contributed by atoms with Crippen LogP contribution in [0.15, 0.2) is 0 Å². The number of carboxylic acid groups (broad SMARTS) is 1. The number of carboxylic acids is 1. The van der Waals surface area contributed by atoms with Gasteiger partial charge in [0, 0.05) is 12.1 Å². The Bertz CT molecular complexity index is 319. The van der Waals surface area contributed by atoms with Crippen LogP contribution < -0.4 is 0 Å². The van der Waals surface area contributed by atoms with Gasteiger partial charge >= 0.3 is 5.97 Å². The van der Waals surface area contributed by atoms with Crippen LogP contribution in [-0.2, 0) is 4.79 Å². The van der Waals surface area contributed by atoms with Gasteiger partial charge in [-0.2, -0.15) is 0 Å². The largest absolute Gasteiger partial charge is 0.481 e. The smallest absolute Gasteiger partial charge is 0.313 e. The molecule has 0 aromatic carbocycles. The van der Waals surface area contributed by atoms with E-state index in [0.29, 0.717) is 12.1 Å². The van der Waals surface area contributed by atoms with Crippen LogP contribution in [0, 0.1) is 0 Å². The SMILES string of the molecule is O=C(O)CSC(=S)N(C1CCCCC1)C1CCCCC1. The number of thioether (sulfide) groups is 1. The zero-order valence-corrected chi connectivity index (χ0v) is 13.7. The first-order chi connectivity index (χ1) is 9.68. The zero-order valence-electron chi connectivity index (χ0n) is 12.1. The van der Waals surface area contributed by atoms with Crippen LogP contribution in [0.4, 0.5) is 0 Å². The Balaban J connectivity index is 2.01. The van der Waals surface area contributed by atoms with E-state index < -0.39 is 5.97 Å². The lowest BCUT2D eigenvalue weighted by Crippen LogP contribution is -2.47. The Labute approximate surface area is 131 Å². The average Bonchev–Trinajstić information content (AvgIpc) is 2.48. The van der Waals surface area contributed by atoms with E-state index in [4.69, 9.17) is 17.3 Å². The third kappa shape index (κ3) is 4.62. The molecule has 0 aliphatic heterocycles. The normalized spacial score (nSPS) is 21.6. The van der Waals surface area contributed by atoms with Crippen LogP contribution in [0.25, 0.3) is 0 Å². The maximum absolute atomic E-state index is 10.8. The van der Waals surface area contributed by atoms with Crippen LogP contribution >= 0.6 is 24.0 Å². The van der Waals surface area contributed by atoms with E-state index in [2.05, 4.69) is 4.90 Å². The molecule has 0 heterocycles. The van der Waals surface area contributed by atoms with Crippen LogP contribution in [-0.4, -0.2) is 38.1 Å². The fourth-order valence-electron chi connectivity index (χ4n) is 3.51. The Kier molecular flexibility index (Phi) is 6.62. The minimum Gasteiger partial charge on any atom is -0.481 e. The van der Waals surface area contributed by atoms with E-state index in [9.17, 15) is 4.79 Å². The minimum atomic E-state index is -0.774. The van der Waals surface area contributed by atoms with Gasteiger partial charge in [0.1, 0.15) is 4.32 Å².